The zero-order chi connectivity index (χ0) is 17.7. The fourth-order valence-electron chi connectivity index (χ4n) is 2.54. The number of rotatable bonds is 6. The molecule has 0 aliphatic carbocycles. The quantitative estimate of drug-likeness (QED) is 0.649. The van der Waals surface area contributed by atoms with Crippen LogP contribution in [0.15, 0.2) is 61.1 Å². The van der Waals surface area contributed by atoms with Crippen molar-refractivity contribution >= 4 is 0 Å². The number of alkyl halides is 3. The molecule has 0 aliphatic heterocycles. The molecule has 0 spiro atoms. The van der Waals surface area contributed by atoms with Gasteiger partial charge in [-0.25, -0.2) is 4.98 Å². The number of nitrogens with one attached hydrogen (secondary N) is 2. The Morgan fingerprint density at radius 3 is 2.12 bits per heavy atom. The molecular weight excluding hydrogens is 327 g/mol. The van der Waals surface area contributed by atoms with Crippen molar-refractivity contribution in [2.24, 2.45) is 0 Å². The molecule has 0 atom stereocenters. The molecule has 3 rings (SSSR count). The maximum atomic E-state index is 12.6. The molecule has 2 N–H and O–H groups in total. The molecule has 0 unspecified atom stereocenters. The van der Waals surface area contributed by atoms with Gasteiger partial charge in [0.2, 0.25) is 0 Å². The van der Waals surface area contributed by atoms with Gasteiger partial charge in [-0.1, -0.05) is 36.4 Å². The van der Waals surface area contributed by atoms with Crippen molar-refractivity contribution in [3.05, 3.63) is 77.9 Å². The van der Waals surface area contributed by atoms with Crippen LogP contribution in [-0.2, 0) is 19.1 Å². The van der Waals surface area contributed by atoms with Crippen molar-refractivity contribution in [1.29, 1.82) is 0 Å². The number of hydrogen-bond donors (Lipinski definition) is 2. The highest BCUT2D eigenvalue weighted by Gasteiger charge is 2.29. The van der Waals surface area contributed by atoms with Crippen molar-refractivity contribution in [2.75, 3.05) is 6.54 Å². The van der Waals surface area contributed by atoms with Crippen molar-refractivity contribution in [3.63, 3.8) is 0 Å². The molecule has 130 valence electrons. The fraction of sp³-hybridized carbons (Fsp3) is 0.211. The minimum absolute atomic E-state index is 0.630. The number of hydrogen-bond acceptors (Lipinski definition) is 2. The zero-order valence-corrected chi connectivity index (χ0v) is 13.5. The van der Waals surface area contributed by atoms with Crippen LogP contribution in [0.1, 0.15) is 16.8 Å². The zero-order valence-electron chi connectivity index (χ0n) is 13.5. The highest BCUT2D eigenvalue weighted by molar-refractivity contribution is 5.64. The van der Waals surface area contributed by atoms with Crippen LogP contribution in [0.3, 0.4) is 0 Å². The van der Waals surface area contributed by atoms with Crippen LogP contribution >= 0.6 is 0 Å². The van der Waals surface area contributed by atoms with Crippen LogP contribution in [0.2, 0.25) is 0 Å². The molecule has 25 heavy (non-hydrogen) atoms. The van der Waals surface area contributed by atoms with E-state index < -0.39 is 11.7 Å². The molecule has 3 aromatic rings. The summed E-state index contributed by atoms with van der Waals surface area (Å²) in [7, 11) is 0. The molecule has 0 bridgehead atoms. The molecule has 0 saturated heterocycles. The smallest absolute Gasteiger partial charge is 0.348 e. The highest BCUT2D eigenvalue weighted by Crippen LogP contribution is 2.31. The molecule has 6 heteroatoms. The summed E-state index contributed by atoms with van der Waals surface area (Å²) < 4.78 is 37.8. The van der Waals surface area contributed by atoms with E-state index in [9.17, 15) is 13.2 Å². The Morgan fingerprint density at radius 1 is 0.920 bits per heavy atom. The van der Waals surface area contributed by atoms with Gasteiger partial charge < -0.3 is 10.3 Å². The van der Waals surface area contributed by atoms with Gasteiger partial charge in [0.05, 0.1) is 11.9 Å². The summed E-state index contributed by atoms with van der Waals surface area (Å²) in [6, 6.07) is 13.0. The lowest BCUT2D eigenvalue weighted by Crippen LogP contribution is -2.16. The van der Waals surface area contributed by atoms with E-state index >= 15 is 0 Å². The van der Waals surface area contributed by atoms with Crippen LogP contribution in [0.25, 0.3) is 11.1 Å². The summed E-state index contributed by atoms with van der Waals surface area (Å²) in [6.45, 7) is 1.57. The normalized spacial score (nSPS) is 11.6. The number of H-pyrrole nitrogens is 1. The predicted octanol–water partition coefficient (Wildman–Crippen LogP) is 4.43. The third-order valence-electron chi connectivity index (χ3n) is 3.95. The first-order valence-corrected chi connectivity index (χ1v) is 7.97. The Kier molecular flexibility index (Phi) is 5.19. The van der Waals surface area contributed by atoms with Gasteiger partial charge in [-0.3, -0.25) is 0 Å². The Labute approximate surface area is 143 Å². The minimum atomic E-state index is -4.30. The first-order chi connectivity index (χ1) is 12.0. The van der Waals surface area contributed by atoms with Crippen LogP contribution in [0, 0.1) is 0 Å². The molecule has 3 nitrogen and oxygen atoms in total. The molecule has 2 aromatic carbocycles. The van der Waals surface area contributed by atoms with Gasteiger partial charge in [-0.15, -0.1) is 0 Å². The Balaban J connectivity index is 1.54. The van der Waals surface area contributed by atoms with Crippen LogP contribution < -0.4 is 5.32 Å². The van der Waals surface area contributed by atoms with E-state index in [0.29, 0.717) is 0 Å². The fourth-order valence-corrected chi connectivity index (χ4v) is 2.54. The van der Waals surface area contributed by atoms with E-state index in [1.807, 2.05) is 24.3 Å². The minimum Gasteiger partial charge on any atom is -0.348 e. The maximum Gasteiger partial charge on any atom is 0.416 e. The molecule has 0 radical (unpaired) electrons. The number of aromatic amines is 1. The number of aromatic nitrogens is 2. The third kappa shape index (κ3) is 4.70. The van der Waals surface area contributed by atoms with E-state index in [2.05, 4.69) is 15.3 Å². The van der Waals surface area contributed by atoms with Crippen molar-refractivity contribution in [1.82, 2.24) is 15.3 Å². The summed E-state index contributed by atoms with van der Waals surface area (Å²) >= 11 is 0. The van der Waals surface area contributed by atoms with Crippen molar-refractivity contribution in [3.8, 4) is 11.1 Å². The Morgan fingerprint density at radius 2 is 1.56 bits per heavy atom. The van der Waals surface area contributed by atoms with E-state index in [4.69, 9.17) is 0 Å². The molecule has 0 amide bonds. The molecule has 0 saturated carbocycles. The summed E-state index contributed by atoms with van der Waals surface area (Å²) in [5, 5.41) is 3.35. The van der Waals surface area contributed by atoms with E-state index in [1.165, 1.54) is 12.1 Å². The average Bonchev–Trinajstić information content (AvgIpc) is 3.12. The number of benzene rings is 2. The van der Waals surface area contributed by atoms with Gasteiger partial charge in [0.25, 0.3) is 0 Å². The van der Waals surface area contributed by atoms with Gasteiger partial charge in [-0.2, -0.15) is 13.2 Å². The second-order valence-corrected chi connectivity index (χ2v) is 5.78. The van der Waals surface area contributed by atoms with Gasteiger partial charge in [0, 0.05) is 31.4 Å². The highest BCUT2D eigenvalue weighted by atomic mass is 19.4. The summed E-state index contributed by atoms with van der Waals surface area (Å²) in [5.41, 5.74) is 3.25. The lowest BCUT2D eigenvalue weighted by Gasteiger charge is -2.09. The summed E-state index contributed by atoms with van der Waals surface area (Å²) in [4.78, 5) is 7.02. The summed E-state index contributed by atoms with van der Waals surface area (Å²) in [5.74, 6) is 0. The van der Waals surface area contributed by atoms with Gasteiger partial charge in [0.15, 0.2) is 0 Å². The third-order valence-corrected chi connectivity index (χ3v) is 3.95. The molecular formula is C19H18F3N3. The number of halogens is 3. The standard InChI is InChI=1S/C19H18F3N3/c20-19(21,22)17-7-5-16(6-8-17)15-3-1-14(2-4-15)11-23-10-9-18-12-24-13-25-18/h1-8,12-13,23H,9-11H2,(H,24,25). The van der Waals surface area contributed by atoms with Crippen LogP contribution in [0.5, 0.6) is 0 Å². The first kappa shape index (κ1) is 17.2. The SMILES string of the molecule is FC(F)(F)c1ccc(-c2ccc(CNCCc3cnc[nH]3)cc2)cc1. The average molecular weight is 345 g/mol. The van der Waals surface area contributed by atoms with Gasteiger partial charge in [-0.05, 0) is 28.8 Å². The second-order valence-electron chi connectivity index (χ2n) is 5.78. The van der Waals surface area contributed by atoms with Gasteiger partial charge >= 0.3 is 6.18 Å². The molecule has 0 fully saturated rings. The molecule has 1 heterocycles. The Hall–Kier alpha value is -2.60. The largest absolute Gasteiger partial charge is 0.416 e. The van der Waals surface area contributed by atoms with E-state index in [-0.39, 0.29) is 0 Å². The topological polar surface area (TPSA) is 40.7 Å². The van der Waals surface area contributed by atoms with Crippen molar-refractivity contribution < 1.29 is 13.2 Å². The van der Waals surface area contributed by atoms with E-state index in [1.54, 1.807) is 12.5 Å². The molecule has 1 aromatic heterocycles. The second kappa shape index (κ2) is 7.53. The van der Waals surface area contributed by atoms with E-state index in [0.717, 1.165) is 54.0 Å². The first-order valence-electron chi connectivity index (χ1n) is 7.97. The lowest BCUT2D eigenvalue weighted by molar-refractivity contribution is -0.137. The lowest BCUT2D eigenvalue weighted by atomic mass is 10.0. The predicted molar refractivity (Wildman–Crippen MR) is 90.9 cm³/mol. The number of imidazole rings is 1. The monoisotopic (exact) mass is 345 g/mol. The van der Waals surface area contributed by atoms with Crippen LogP contribution in [-0.4, -0.2) is 16.5 Å². The van der Waals surface area contributed by atoms with Gasteiger partial charge in [0.1, 0.15) is 0 Å². The number of nitrogens with zero attached hydrogens (tertiary/aromatic N) is 1. The van der Waals surface area contributed by atoms with Crippen molar-refractivity contribution in [2.45, 2.75) is 19.1 Å². The van der Waals surface area contributed by atoms with Crippen LogP contribution in [0.4, 0.5) is 13.2 Å². The molecule has 0 aliphatic rings. The Bertz CT molecular complexity index is 776. The summed E-state index contributed by atoms with van der Waals surface area (Å²) in [6.07, 6.45) is 0.0454. The maximum absolute atomic E-state index is 12.6.